The lowest BCUT2D eigenvalue weighted by molar-refractivity contribution is 0.0885. The van der Waals surface area contributed by atoms with Gasteiger partial charge in [0.2, 0.25) is 0 Å². The fourth-order valence-electron chi connectivity index (χ4n) is 2.93. The van der Waals surface area contributed by atoms with Crippen molar-refractivity contribution in [3.8, 4) is 0 Å². The summed E-state index contributed by atoms with van der Waals surface area (Å²) in [6, 6.07) is 4.36. The molecule has 8 nitrogen and oxygen atoms in total. The number of hydrogen-bond acceptors (Lipinski definition) is 5. The SMILES string of the molecule is C=N/C(C)=C\C=C(/C)NC(=O)Nc1cccc(CN2CCN(C(=O)OC)CC2)c1F. The fraction of sp³-hybridized carbons (Fsp3) is 0.381. The van der Waals surface area contributed by atoms with Gasteiger partial charge in [0.1, 0.15) is 0 Å². The quantitative estimate of drug-likeness (QED) is 0.549. The van der Waals surface area contributed by atoms with Crippen LogP contribution in [0.4, 0.5) is 19.7 Å². The predicted molar refractivity (Wildman–Crippen MR) is 115 cm³/mol. The van der Waals surface area contributed by atoms with Gasteiger partial charge in [0.05, 0.1) is 12.8 Å². The van der Waals surface area contributed by atoms with Gasteiger partial charge >= 0.3 is 12.1 Å². The average molecular weight is 417 g/mol. The standard InChI is InChI=1S/C21H28FN5O3/c1-15(23-3)8-9-16(2)24-20(28)25-18-7-5-6-17(19(18)22)14-26-10-12-27(13-11-26)21(29)30-4/h5-9H,3,10-14H2,1-2,4H3,(H2,24,25,28)/b15-8-,16-9+. The molecule has 0 unspecified atom stereocenters. The molecular weight excluding hydrogens is 389 g/mol. The number of nitrogens with zero attached hydrogens (tertiary/aromatic N) is 3. The summed E-state index contributed by atoms with van der Waals surface area (Å²) in [4.78, 5) is 31.2. The molecule has 1 heterocycles. The van der Waals surface area contributed by atoms with E-state index in [1.807, 2.05) is 0 Å². The van der Waals surface area contributed by atoms with Crippen LogP contribution in [0.25, 0.3) is 0 Å². The Bertz CT molecular complexity index is 845. The van der Waals surface area contributed by atoms with Crippen LogP contribution in [0.1, 0.15) is 19.4 Å². The molecule has 2 rings (SSSR count). The molecule has 1 aromatic rings. The fourth-order valence-corrected chi connectivity index (χ4v) is 2.93. The first-order valence-electron chi connectivity index (χ1n) is 9.56. The lowest BCUT2D eigenvalue weighted by Gasteiger charge is -2.33. The number of hydrogen-bond donors (Lipinski definition) is 2. The van der Waals surface area contributed by atoms with E-state index in [1.54, 1.807) is 43.0 Å². The van der Waals surface area contributed by atoms with E-state index in [1.165, 1.54) is 13.2 Å². The third-order valence-electron chi connectivity index (χ3n) is 4.66. The van der Waals surface area contributed by atoms with Crippen molar-refractivity contribution >= 4 is 24.5 Å². The van der Waals surface area contributed by atoms with Gasteiger partial charge in [0.25, 0.3) is 0 Å². The molecule has 1 aromatic carbocycles. The van der Waals surface area contributed by atoms with Crippen LogP contribution >= 0.6 is 0 Å². The summed E-state index contributed by atoms with van der Waals surface area (Å²) in [6.07, 6.45) is 3.04. The van der Waals surface area contributed by atoms with Crippen LogP contribution in [0.15, 0.2) is 46.7 Å². The number of carbonyl (C=O) groups is 2. The highest BCUT2D eigenvalue weighted by Gasteiger charge is 2.22. The van der Waals surface area contributed by atoms with Crippen molar-refractivity contribution in [1.82, 2.24) is 15.1 Å². The van der Waals surface area contributed by atoms with Gasteiger partial charge < -0.3 is 20.3 Å². The molecule has 0 bridgehead atoms. The molecule has 1 fully saturated rings. The van der Waals surface area contributed by atoms with Crippen molar-refractivity contribution in [2.45, 2.75) is 20.4 Å². The Hall–Kier alpha value is -3.20. The van der Waals surface area contributed by atoms with E-state index in [-0.39, 0.29) is 11.8 Å². The topological polar surface area (TPSA) is 86.3 Å². The van der Waals surface area contributed by atoms with Crippen LogP contribution in [0.5, 0.6) is 0 Å². The van der Waals surface area contributed by atoms with Crippen LogP contribution < -0.4 is 10.6 Å². The number of urea groups is 1. The molecule has 0 aromatic heterocycles. The normalized spacial score (nSPS) is 15.5. The van der Waals surface area contributed by atoms with Crippen LogP contribution in [-0.4, -0.2) is 61.9 Å². The largest absolute Gasteiger partial charge is 0.453 e. The number of piperazine rings is 1. The maximum atomic E-state index is 14.9. The molecule has 0 atom stereocenters. The second-order valence-electron chi connectivity index (χ2n) is 6.91. The summed E-state index contributed by atoms with van der Waals surface area (Å²) in [5.41, 5.74) is 1.87. The van der Waals surface area contributed by atoms with E-state index in [2.05, 4.69) is 27.2 Å². The van der Waals surface area contributed by atoms with E-state index in [4.69, 9.17) is 4.74 Å². The molecule has 1 aliphatic heterocycles. The molecule has 9 heteroatoms. The summed E-state index contributed by atoms with van der Waals surface area (Å²) in [6.45, 7) is 9.58. The highest BCUT2D eigenvalue weighted by molar-refractivity contribution is 5.90. The van der Waals surface area contributed by atoms with Crippen molar-refractivity contribution in [3.63, 3.8) is 0 Å². The second kappa shape index (κ2) is 11.1. The number of methoxy groups -OCH3 is 1. The minimum Gasteiger partial charge on any atom is -0.453 e. The average Bonchev–Trinajstić information content (AvgIpc) is 2.74. The lowest BCUT2D eigenvalue weighted by atomic mass is 10.1. The Morgan fingerprint density at radius 1 is 1.23 bits per heavy atom. The van der Waals surface area contributed by atoms with Gasteiger partial charge in [-0.05, 0) is 38.8 Å². The van der Waals surface area contributed by atoms with Gasteiger partial charge in [0, 0.05) is 49.7 Å². The number of carbonyl (C=O) groups excluding carboxylic acids is 2. The number of nitrogens with one attached hydrogen (secondary N) is 2. The first kappa shape index (κ1) is 23.1. The van der Waals surface area contributed by atoms with Crippen molar-refractivity contribution in [2.24, 2.45) is 4.99 Å². The minimum atomic E-state index is -0.538. The van der Waals surface area contributed by atoms with Crippen LogP contribution in [-0.2, 0) is 11.3 Å². The Morgan fingerprint density at radius 2 is 1.93 bits per heavy atom. The minimum absolute atomic E-state index is 0.102. The summed E-state index contributed by atoms with van der Waals surface area (Å²) < 4.78 is 19.6. The van der Waals surface area contributed by atoms with E-state index >= 15 is 0 Å². The third kappa shape index (κ3) is 6.70. The van der Waals surface area contributed by atoms with Gasteiger partial charge in [-0.25, -0.2) is 14.0 Å². The molecule has 0 saturated carbocycles. The molecular formula is C21H28FN5O3. The summed E-state index contributed by atoms with van der Waals surface area (Å²) in [7, 11) is 1.35. The number of benzene rings is 1. The highest BCUT2D eigenvalue weighted by atomic mass is 19.1. The molecule has 1 aliphatic rings. The Morgan fingerprint density at radius 3 is 2.57 bits per heavy atom. The number of allylic oxidation sites excluding steroid dienone is 4. The first-order valence-corrected chi connectivity index (χ1v) is 9.56. The van der Waals surface area contributed by atoms with Gasteiger partial charge in [-0.15, -0.1) is 0 Å². The number of halogens is 1. The number of ether oxygens (including phenoxy) is 1. The van der Waals surface area contributed by atoms with Crippen molar-refractivity contribution in [3.05, 3.63) is 53.1 Å². The molecule has 0 spiro atoms. The Balaban J connectivity index is 1.96. The summed E-state index contributed by atoms with van der Waals surface area (Å²) in [5.74, 6) is -0.476. The molecule has 30 heavy (non-hydrogen) atoms. The van der Waals surface area contributed by atoms with Gasteiger partial charge in [-0.1, -0.05) is 12.1 Å². The van der Waals surface area contributed by atoms with Crippen LogP contribution in [0.3, 0.4) is 0 Å². The Kier molecular flexibility index (Phi) is 8.54. The third-order valence-corrected chi connectivity index (χ3v) is 4.66. The summed E-state index contributed by atoms with van der Waals surface area (Å²) in [5, 5.41) is 5.17. The number of aliphatic imine (C=N–C) groups is 1. The van der Waals surface area contributed by atoms with Gasteiger partial charge in [-0.3, -0.25) is 9.89 Å². The van der Waals surface area contributed by atoms with Gasteiger partial charge in [0.15, 0.2) is 5.82 Å². The first-order chi connectivity index (χ1) is 14.3. The number of rotatable bonds is 6. The van der Waals surface area contributed by atoms with Crippen molar-refractivity contribution in [2.75, 3.05) is 38.6 Å². The number of anilines is 1. The van der Waals surface area contributed by atoms with E-state index in [0.717, 1.165) is 0 Å². The summed E-state index contributed by atoms with van der Waals surface area (Å²) >= 11 is 0. The zero-order chi connectivity index (χ0) is 22.1. The van der Waals surface area contributed by atoms with E-state index < -0.39 is 11.8 Å². The van der Waals surface area contributed by atoms with Crippen molar-refractivity contribution < 1.29 is 18.7 Å². The monoisotopic (exact) mass is 417 g/mol. The number of amides is 3. The highest BCUT2D eigenvalue weighted by Crippen LogP contribution is 2.20. The van der Waals surface area contributed by atoms with E-state index in [0.29, 0.717) is 49.7 Å². The molecule has 0 radical (unpaired) electrons. The van der Waals surface area contributed by atoms with Crippen LogP contribution in [0, 0.1) is 5.82 Å². The van der Waals surface area contributed by atoms with Gasteiger partial charge in [-0.2, -0.15) is 0 Å². The van der Waals surface area contributed by atoms with Crippen molar-refractivity contribution in [1.29, 1.82) is 0 Å². The molecule has 162 valence electrons. The lowest BCUT2D eigenvalue weighted by Crippen LogP contribution is -2.48. The molecule has 0 aliphatic carbocycles. The zero-order valence-electron chi connectivity index (χ0n) is 17.6. The van der Waals surface area contributed by atoms with E-state index in [9.17, 15) is 14.0 Å². The smallest absolute Gasteiger partial charge is 0.409 e. The second-order valence-corrected chi connectivity index (χ2v) is 6.91. The molecule has 1 saturated heterocycles. The maximum Gasteiger partial charge on any atom is 0.409 e. The zero-order valence-corrected chi connectivity index (χ0v) is 17.6. The molecule has 2 N–H and O–H groups in total. The maximum absolute atomic E-state index is 14.9. The van der Waals surface area contributed by atoms with Crippen LogP contribution in [0.2, 0.25) is 0 Å². The molecule has 3 amide bonds. The predicted octanol–water partition coefficient (Wildman–Crippen LogP) is 3.34. The Labute approximate surface area is 176 Å².